The van der Waals surface area contributed by atoms with Crippen LogP contribution in [0.4, 0.5) is 11.8 Å². The van der Waals surface area contributed by atoms with E-state index in [0.29, 0.717) is 12.1 Å². The Morgan fingerprint density at radius 1 is 0.861 bits per heavy atom. The van der Waals surface area contributed by atoms with Gasteiger partial charge in [0.15, 0.2) is 0 Å². The lowest BCUT2D eigenvalue weighted by Gasteiger charge is -2.32. The summed E-state index contributed by atoms with van der Waals surface area (Å²) < 4.78 is 0. The van der Waals surface area contributed by atoms with E-state index in [1.54, 1.807) is 0 Å². The first-order valence-corrected chi connectivity index (χ1v) is 13.4. The highest BCUT2D eigenvalue weighted by atomic mass is 15.2. The number of hydrogen-bond donors (Lipinski definition) is 2. The van der Waals surface area contributed by atoms with Crippen LogP contribution in [0.25, 0.3) is 0 Å². The maximum Gasteiger partial charge on any atom is 0.224 e. The van der Waals surface area contributed by atoms with Crippen molar-refractivity contribution in [1.29, 1.82) is 0 Å². The molecule has 0 amide bonds. The van der Waals surface area contributed by atoms with Gasteiger partial charge in [-0.05, 0) is 62.3 Å². The van der Waals surface area contributed by atoms with Gasteiger partial charge in [0.1, 0.15) is 5.82 Å². The number of rotatable bonds is 12. The smallest absolute Gasteiger partial charge is 0.224 e. The van der Waals surface area contributed by atoms with Gasteiger partial charge < -0.3 is 15.5 Å². The van der Waals surface area contributed by atoms with Gasteiger partial charge in [0.25, 0.3) is 0 Å². The number of benzene rings is 2. The molecule has 36 heavy (non-hydrogen) atoms. The van der Waals surface area contributed by atoms with Gasteiger partial charge in [-0.25, -0.2) is 4.98 Å². The second-order valence-electron chi connectivity index (χ2n) is 10.4. The van der Waals surface area contributed by atoms with Gasteiger partial charge in [0, 0.05) is 52.0 Å². The first-order valence-electron chi connectivity index (χ1n) is 13.4. The molecule has 3 aromatic rings. The van der Waals surface area contributed by atoms with Crippen molar-refractivity contribution in [3.05, 3.63) is 84.1 Å². The van der Waals surface area contributed by atoms with E-state index in [4.69, 9.17) is 0 Å². The van der Waals surface area contributed by atoms with Crippen LogP contribution in [0.3, 0.4) is 0 Å². The Hall–Kier alpha value is -2.96. The van der Waals surface area contributed by atoms with Crippen LogP contribution >= 0.6 is 0 Å². The molecule has 2 N–H and O–H groups in total. The second kappa shape index (κ2) is 13.4. The number of hydrogen-bond acceptors (Lipinski definition) is 6. The molecule has 0 radical (unpaired) electrons. The van der Waals surface area contributed by atoms with E-state index in [1.165, 1.54) is 36.8 Å². The van der Waals surface area contributed by atoms with Gasteiger partial charge in [-0.1, -0.05) is 60.7 Å². The normalized spacial score (nSPS) is 18.7. The predicted octanol–water partition coefficient (Wildman–Crippen LogP) is 5.19. The van der Waals surface area contributed by atoms with Crippen LogP contribution in [0, 0.1) is 5.92 Å². The molecule has 1 heterocycles. The monoisotopic (exact) mass is 486 g/mol. The van der Waals surface area contributed by atoms with Gasteiger partial charge in [0.2, 0.25) is 5.95 Å². The minimum absolute atomic E-state index is 0.449. The molecule has 6 heteroatoms. The maximum atomic E-state index is 4.62. The SMILES string of the molecule is C[C@@H](CNC[C@H]1CC[C@@H](Nc2nccc(N(C)C)n2)CC1)N(Cc1ccccc1)Cc1ccccc1. The molecule has 1 aromatic heterocycles. The molecule has 1 aliphatic carbocycles. The van der Waals surface area contributed by atoms with Gasteiger partial charge >= 0.3 is 0 Å². The number of anilines is 2. The zero-order valence-electron chi connectivity index (χ0n) is 22.1. The lowest BCUT2D eigenvalue weighted by Crippen LogP contribution is -2.41. The van der Waals surface area contributed by atoms with Crippen molar-refractivity contribution in [2.75, 3.05) is 37.4 Å². The van der Waals surface area contributed by atoms with E-state index in [9.17, 15) is 0 Å². The van der Waals surface area contributed by atoms with Crippen LogP contribution in [0.2, 0.25) is 0 Å². The third kappa shape index (κ3) is 8.04. The Labute approximate surface area is 217 Å². The summed E-state index contributed by atoms with van der Waals surface area (Å²) in [6.45, 7) is 6.37. The van der Waals surface area contributed by atoms with Crippen LogP contribution in [0.5, 0.6) is 0 Å². The van der Waals surface area contributed by atoms with Crippen LogP contribution in [0.1, 0.15) is 43.7 Å². The van der Waals surface area contributed by atoms with Crippen molar-refractivity contribution in [1.82, 2.24) is 20.2 Å². The fourth-order valence-electron chi connectivity index (χ4n) is 4.99. The van der Waals surface area contributed by atoms with Crippen molar-refractivity contribution in [2.45, 2.75) is 57.8 Å². The quantitative estimate of drug-likeness (QED) is 0.367. The Kier molecular flexibility index (Phi) is 9.70. The van der Waals surface area contributed by atoms with Crippen molar-refractivity contribution < 1.29 is 0 Å². The van der Waals surface area contributed by atoms with Crippen LogP contribution in [-0.2, 0) is 13.1 Å². The Morgan fingerprint density at radius 3 is 2.06 bits per heavy atom. The molecule has 1 aliphatic rings. The number of nitrogens with zero attached hydrogens (tertiary/aromatic N) is 4. The summed E-state index contributed by atoms with van der Waals surface area (Å²) in [5.41, 5.74) is 2.73. The molecular weight excluding hydrogens is 444 g/mol. The minimum Gasteiger partial charge on any atom is -0.363 e. The van der Waals surface area contributed by atoms with E-state index in [0.717, 1.165) is 43.9 Å². The molecule has 6 nitrogen and oxygen atoms in total. The predicted molar refractivity (Wildman–Crippen MR) is 150 cm³/mol. The molecule has 0 spiro atoms. The third-order valence-electron chi connectivity index (χ3n) is 7.23. The largest absolute Gasteiger partial charge is 0.363 e. The fraction of sp³-hybridized carbons (Fsp3) is 0.467. The molecule has 192 valence electrons. The average Bonchev–Trinajstić information content (AvgIpc) is 2.90. The van der Waals surface area contributed by atoms with Crippen LogP contribution in [-0.4, -0.2) is 54.1 Å². The highest BCUT2D eigenvalue weighted by Crippen LogP contribution is 2.26. The topological polar surface area (TPSA) is 56.3 Å². The first-order chi connectivity index (χ1) is 17.6. The summed E-state index contributed by atoms with van der Waals surface area (Å²) in [6, 6.07) is 24.5. The Balaban J connectivity index is 1.22. The van der Waals surface area contributed by atoms with E-state index in [-0.39, 0.29) is 0 Å². The van der Waals surface area contributed by atoms with Gasteiger partial charge in [-0.2, -0.15) is 4.98 Å². The van der Waals surface area contributed by atoms with Crippen molar-refractivity contribution in [3.8, 4) is 0 Å². The summed E-state index contributed by atoms with van der Waals surface area (Å²) in [7, 11) is 4.02. The molecule has 0 aliphatic heterocycles. The second-order valence-corrected chi connectivity index (χ2v) is 10.4. The molecule has 2 aromatic carbocycles. The highest BCUT2D eigenvalue weighted by molar-refractivity contribution is 5.41. The van der Waals surface area contributed by atoms with E-state index in [2.05, 4.69) is 93.1 Å². The minimum atomic E-state index is 0.449. The maximum absolute atomic E-state index is 4.62. The summed E-state index contributed by atoms with van der Waals surface area (Å²) in [4.78, 5) is 13.6. The van der Waals surface area contributed by atoms with Gasteiger partial charge in [-0.15, -0.1) is 0 Å². The zero-order chi connectivity index (χ0) is 25.2. The summed E-state index contributed by atoms with van der Waals surface area (Å²) >= 11 is 0. The molecule has 0 saturated heterocycles. The standard InChI is InChI=1S/C30H42N6/c1-24(36(22-26-10-6-4-7-11-26)23-27-12-8-5-9-13-27)20-31-21-25-14-16-28(17-15-25)33-30-32-19-18-29(34-30)35(2)3/h4-13,18-19,24-25,28,31H,14-17,20-23H2,1-3H3,(H,32,33,34)/t24-,25-,28+/m0/s1. The number of nitrogens with one attached hydrogen (secondary N) is 2. The van der Waals surface area contributed by atoms with E-state index >= 15 is 0 Å². The molecule has 4 rings (SSSR count). The summed E-state index contributed by atoms with van der Waals surface area (Å²) in [6.07, 6.45) is 6.66. The lowest BCUT2D eigenvalue weighted by atomic mass is 9.86. The van der Waals surface area contributed by atoms with E-state index in [1.807, 2.05) is 31.3 Å². The van der Waals surface area contributed by atoms with Crippen molar-refractivity contribution in [3.63, 3.8) is 0 Å². The van der Waals surface area contributed by atoms with Gasteiger partial charge in [-0.3, -0.25) is 4.90 Å². The zero-order valence-corrected chi connectivity index (χ0v) is 22.1. The summed E-state index contributed by atoms with van der Waals surface area (Å²) in [5.74, 6) is 2.42. The molecule has 1 atom stereocenters. The van der Waals surface area contributed by atoms with Crippen molar-refractivity contribution >= 4 is 11.8 Å². The first kappa shape index (κ1) is 26.1. The van der Waals surface area contributed by atoms with Crippen LogP contribution < -0.4 is 15.5 Å². The molecule has 0 unspecified atom stereocenters. The number of aromatic nitrogens is 2. The van der Waals surface area contributed by atoms with Crippen molar-refractivity contribution in [2.24, 2.45) is 5.92 Å². The van der Waals surface area contributed by atoms with Gasteiger partial charge in [0.05, 0.1) is 0 Å². The lowest BCUT2D eigenvalue weighted by molar-refractivity contribution is 0.183. The molecule has 1 fully saturated rings. The Bertz CT molecular complexity index is 976. The highest BCUT2D eigenvalue weighted by Gasteiger charge is 2.22. The molecular formula is C30H42N6. The van der Waals surface area contributed by atoms with E-state index < -0.39 is 0 Å². The Morgan fingerprint density at radius 2 is 1.47 bits per heavy atom. The van der Waals surface area contributed by atoms with Crippen LogP contribution in [0.15, 0.2) is 72.9 Å². The summed E-state index contributed by atoms with van der Waals surface area (Å²) in [5, 5.41) is 7.36. The third-order valence-corrected chi connectivity index (χ3v) is 7.23. The average molecular weight is 487 g/mol. The fourth-order valence-corrected chi connectivity index (χ4v) is 4.99. The molecule has 0 bridgehead atoms. The molecule has 1 saturated carbocycles.